The SMILES string of the molecule is O=C(O)c1ncsc1C(=O)Oc1ccccc1. The van der Waals surface area contributed by atoms with Crippen LogP contribution in [-0.4, -0.2) is 22.0 Å². The fourth-order valence-corrected chi connectivity index (χ4v) is 1.84. The summed E-state index contributed by atoms with van der Waals surface area (Å²) in [5.41, 5.74) is 1.02. The average Bonchev–Trinajstić information content (AvgIpc) is 2.79. The number of esters is 1. The minimum Gasteiger partial charge on any atom is -0.476 e. The first kappa shape index (κ1) is 11.3. The summed E-state index contributed by atoms with van der Waals surface area (Å²) < 4.78 is 5.02. The molecule has 6 heteroatoms. The van der Waals surface area contributed by atoms with Gasteiger partial charge in [0.15, 0.2) is 5.69 Å². The number of carboxylic acid groups (broad SMARTS) is 1. The van der Waals surface area contributed by atoms with Gasteiger partial charge in [0.2, 0.25) is 0 Å². The molecule has 0 saturated heterocycles. The van der Waals surface area contributed by atoms with Crippen LogP contribution < -0.4 is 4.74 Å². The fourth-order valence-electron chi connectivity index (χ4n) is 1.19. The minimum atomic E-state index is -1.24. The lowest BCUT2D eigenvalue weighted by atomic mass is 10.3. The molecular weight excluding hydrogens is 242 g/mol. The molecule has 17 heavy (non-hydrogen) atoms. The molecule has 1 aromatic carbocycles. The van der Waals surface area contributed by atoms with Crippen LogP contribution in [0, 0.1) is 0 Å². The van der Waals surface area contributed by atoms with Gasteiger partial charge in [-0.2, -0.15) is 0 Å². The van der Waals surface area contributed by atoms with Gasteiger partial charge in [-0.1, -0.05) is 18.2 Å². The van der Waals surface area contributed by atoms with Gasteiger partial charge >= 0.3 is 11.9 Å². The predicted molar refractivity (Wildman–Crippen MR) is 60.5 cm³/mol. The Balaban J connectivity index is 2.21. The highest BCUT2D eigenvalue weighted by atomic mass is 32.1. The molecule has 86 valence electrons. The van der Waals surface area contributed by atoms with Gasteiger partial charge in [-0.25, -0.2) is 14.6 Å². The normalized spacial score (nSPS) is 9.88. The van der Waals surface area contributed by atoms with E-state index in [1.807, 2.05) is 0 Å². The number of carboxylic acids is 1. The van der Waals surface area contributed by atoms with Gasteiger partial charge in [-0.15, -0.1) is 11.3 Å². The van der Waals surface area contributed by atoms with Crippen LogP contribution in [0.2, 0.25) is 0 Å². The summed E-state index contributed by atoms with van der Waals surface area (Å²) >= 11 is 0.939. The Morgan fingerprint density at radius 2 is 1.94 bits per heavy atom. The van der Waals surface area contributed by atoms with Crippen molar-refractivity contribution in [2.45, 2.75) is 0 Å². The molecule has 2 rings (SSSR count). The van der Waals surface area contributed by atoms with Crippen molar-refractivity contribution >= 4 is 23.3 Å². The van der Waals surface area contributed by atoms with Crippen LogP contribution in [0.3, 0.4) is 0 Å². The maximum atomic E-state index is 11.7. The first-order chi connectivity index (χ1) is 8.18. The number of rotatable bonds is 3. The molecular formula is C11H7NO4S. The Morgan fingerprint density at radius 3 is 2.59 bits per heavy atom. The molecule has 0 unspecified atom stereocenters. The summed E-state index contributed by atoms with van der Waals surface area (Å²) in [6.45, 7) is 0. The van der Waals surface area contributed by atoms with Crippen LogP contribution in [0.4, 0.5) is 0 Å². The van der Waals surface area contributed by atoms with E-state index in [2.05, 4.69) is 4.98 Å². The average molecular weight is 249 g/mol. The monoisotopic (exact) mass is 249 g/mol. The molecule has 0 saturated carbocycles. The van der Waals surface area contributed by atoms with Gasteiger partial charge < -0.3 is 9.84 Å². The summed E-state index contributed by atoms with van der Waals surface area (Å²) in [5.74, 6) is -1.59. The molecule has 0 amide bonds. The largest absolute Gasteiger partial charge is 0.476 e. The molecule has 0 aliphatic heterocycles. The quantitative estimate of drug-likeness (QED) is 0.665. The molecule has 0 fully saturated rings. The van der Waals surface area contributed by atoms with Gasteiger partial charge in [-0.05, 0) is 12.1 Å². The van der Waals surface area contributed by atoms with Crippen LogP contribution in [0.15, 0.2) is 35.8 Å². The predicted octanol–water partition coefficient (Wildman–Crippen LogP) is 2.06. The molecule has 0 aliphatic carbocycles. The van der Waals surface area contributed by atoms with Crippen LogP contribution in [-0.2, 0) is 0 Å². The molecule has 0 spiro atoms. The first-order valence-corrected chi connectivity index (χ1v) is 5.50. The molecule has 5 nitrogen and oxygen atoms in total. The number of thiazole rings is 1. The zero-order valence-electron chi connectivity index (χ0n) is 8.49. The van der Waals surface area contributed by atoms with Gasteiger partial charge in [0.1, 0.15) is 10.6 Å². The van der Waals surface area contributed by atoms with E-state index in [0.29, 0.717) is 5.75 Å². The molecule has 0 aliphatic rings. The maximum Gasteiger partial charge on any atom is 0.356 e. The van der Waals surface area contributed by atoms with E-state index in [-0.39, 0.29) is 10.6 Å². The van der Waals surface area contributed by atoms with Crippen LogP contribution in [0.1, 0.15) is 20.2 Å². The molecule has 2 aromatic rings. The third-order valence-corrected chi connectivity index (χ3v) is 2.72. The Morgan fingerprint density at radius 1 is 1.24 bits per heavy atom. The standard InChI is InChI=1S/C11H7NO4S/c13-10(14)8-9(17-6-12-8)11(15)16-7-4-2-1-3-5-7/h1-6H,(H,13,14). The zero-order valence-corrected chi connectivity index (χ0v) is 9.31. The number of aromatic nitrogens is 1. The molecule has 0 bridgehead atoms. The number of nitrogens with zero attached hydrogens (tertiary/aromatic N) is 1. The van der Waals surface area contributed by atoms with E-state index in [9.17, 15) is 9.59 Å². The molecule has 0 atom stereocenters. The van der Waals surface area contributed by atoms with E-state index < -0.39 is 11.9 Å². The summed E-state index contributed by atoms with van der Waals surface area (Å²) in [7, 11) is 0. The Kier molecular flexibility index (Phi) is 3.15. The number of aromatic carboxylic acids is 1. The Hall–Kier alpha value is -2.21. The number of para-hydroxylation sites is 1. The van der Waals surface area contributed by atoms with Crippen molar-refractivity contribution in [3.05, 3.63) is 46.4 Å². The topological polar surface area (TPSA) is 76.5 Å². The van der Waals surface area contributed by atoms with E-state index in [1.165, 1.54) is 5.51 Å². The lowest BCUT2D eigenvalue weighted by Gasteiger charge is -2.02. The first-order valence-electron chi connectivity index (χ1n) is 4.62. The summed E-state index contributed by atoms with van der Waals surface area (Å²) in [6, 6.07) is 8.44. The van der Waals surface area contributed by atoms with E-state index in [4.69, 9.17) is 9.84 Å². The van der Waals surface area contributed by atoms with E-state index >= 15 is 0 Å². The highest BCUT2D eigenvalue weighted by Crippen LogP contribution is 2.17. The highest BCUT2D eigenvalue weighted by molar-refractivity contribution is 7.12. The Bertz CT molecular complexity index is 550. The number of carbonyl (C=O) groups excluding carboxylic acids is 1. The van der Waals surface area contributed by atoms with Crippen molar-refractivity contribution in [3.63, 3.8) is 0 Å². The van der Waals surface area contributed by atoms with Gasteiger partial charge in [0.25, 0.3) is 0 Å². The molecule has 0 radical (unpaired) electrons. The van der Waals surface area contributed by atoms with Crippen LogP contribution in [0.25, 0.3) is 0 Å². The van der Waals surface area contributed by atoms with Crippen molar-refractivity contribution in [3.8, 4) is 5.75 Å². The number of benzene rings is 1. The van der Waals surface area contributed by atoms with Gasteiger partial charge in [0.05, 0.1) is 5.51 Å². The van der Waals surface area contributed by atoms with Crippen LogP contribution >= 0.6 is 11.3 Å². The number of ether oxygens (including phenoxy) is 1. The lowest BCUT2D eigenvalue weighted by Crippen LogP contribution is -2.12. The number of hydrogen-bond acceptors (Lipinski definition) is 5. The highest BCUT2D eigenvalue weighted by Gasteiger charge is 2.21. The lowest BCUT2D eigenvalue weighted by molar-refractivity contribution is 0.0665. The van der Waals surface area contributed by atoms with Crippen molar-refractivity contribution < 1.29 is 19.4 Å². The fraction of sp³-hybridized carbons (Fsp3) is 0. The van der Waals surface area contributed by atoms with Crippen molar-refractivity contribution in [1.29, 1.82) is 0 Å². The third-order valence-electron chi connectivity index (χ3n) is 1.91. The minimum absolute atomic E-state index is 0.0126. The van der Waals surface area contributed by atoms with Gasteiger partial charge in [-0.3, -0.25) is 0 Å². The van der Waals surface area contributed by atoms with E-state index in [0.717, 1.165) is 11.3 Å². The molecule has 1 N–H and O–H groups in total. The van der Waals surface area contributed by atoms with Crippen molar-refractivity contribution in [2.24, 2.45) is 0 Å². The summed E-state index contributed by atoms with van der Waals surface area (Å²) in [5, 5.41) is 8.81. The molecule has 1 heterocycles. The van der Waals surface area contributed by atoms with Gasteiger partial charge in [0, 0.05) is 0 Å². The zero-order chi connectivity index (χ0) is 12.3. The van der Waals surface area contributed by atoms with Crippen molar-refractivity contribution in [2.75, 3.05) is 0 Å². The van der Waals surface area contributed by atoms with E-state index in [1.54, 1.807) is 30.3 Å². The van der Waals surface area contributed by atoms with Crippen molar-refractivity contribution in [1.82, 2.24) is 4.98 Å². The molecule has 1 aromatic heterocycles. The summed E-state index contributed by atoms with van der Waals surface area (Å²) in [4.78, 5) is 26.0. The summed E-state index contributed by atoms with van der Waals surface area (Å²) in [6.07, 6.45) is 0. The maximum absolute atomic E-state index is 11.7. The third kappa shape index (κ3) is 2.48. The number of hydrogen-bond donors (Lipinski definition) is 1. The smallest absolute Gasteiger partial charge is 0.356 e. The van der Waals surface area contributed by atoms with Crippen LogP contribution in [0.5, 0.6) is 5.75 Å². The second-order valence-electron chi connectivity index (χ2n) is 3.04. The number of carbonyl (C=O) groups is 2. The second kappa shape index (κ2) is 4.75. The Labute approximate surface area is 100 Å². The second-order valence-corrected chi connectivity index (χ2v) is 3.89.